The first-order valence-electron chi connectivity index (χ1n) is 3.76. The minimum atomic E-state index is 0.888. The van der Waals surface area contributed by atoms with Crippen LogP contribution in [0.4, 0.5) is 0 Å². The van der Waals surface area contributed by atoms with Crippen LogP contribution in [-0.2, 0) is 6.54 Å². The molecule has 0 unspecified atom stereocenters. The summed E-state index contributed by atoms with van der Waals surface area (Å²) in [6, 6.07) is 4.06. The Morgan fingerprint density at radius 1 is 1.73 bits per heavy atom. The third-order valence-corrected chi connectivity index (χ3v) is 1.40. The zero-order valence-corrected chi connectivity index (χ0v) is 6.85. The molecule has 0 radical (unpaired) electrons. The molecule has 0 amide bonds. The summed E-state index contributed by atoms with van der Waals surface area (Å²) in [5.41, 5.74) is 2.38. The van der Waals surface area contributed by atoms with Gasteiger partial charge in [0.1, 0.15) is 0 Å². The molecule has 1 heterocycles. The van der Waals surface area contributed by atoms with Crippen molar-refractivity contribution in [2.45, 2.75) is 13.5 Å². The molecule has 0 aliphatic heterocycles. The molecule has 60 valence electrons. The van der Waals surface area contributed by atoms with E-state index in [4.69, 9.17) is 0 Å². The van der Waals surface area contributed by atoms with Crippen LogP contribution >= 0.6 is 0 Å². The molecule has 2 nitrogen and oxygen atoms in total. The van der Waals surface area contributed by atoms with Gasteiger partial charge in [-0.05, 0) is 19.1 Å². The Kier molecular flexibility index (Phi) is 2.93. The SMILES string of the molecule is C=C(C)CNCc1ccc[nH]1. The van der Waals surface area contributed by atoms with Crippen LogP contribution in [0.2, 0.25) is 0 Å². The third-order valence-electron chi connectivity index (χ3n) is 1.40. The highest BCUT2D eigenvalue weighted by Gasteiger charge is 1.90. The summed E-state index contributed by atoms with van der Waals surface area (Å²) in [5, 5.41) is 3.26. The maximum atomic E-state index is 3.80. The van der Waals surface area contributed by atoms with Crippen LogP contribution in [0.1, 0.15) is 12.6 Å². The van der Waals surface area contributed by atoms with Gasteiger partial charge in [-0.25, -0.2) is 0 Å². The van der Waals surface area contributed by atoms with Crippen molar-refractivity contribution < 1.29 is 0 Å². The Bertz CT molecular complexity index is 211. The van der Waals surface area contributed by atoms with Gasteiger partial charge < -0.3 is 10.3 Å². The number of aromatic nitrogens is 1. The fraction of sp³-hybridized carbons (Fsp3) is 0.333. The van der Waals surface area contributed by atoms with Crippen molar-refractivity contribution in [3.05, 3.63) is 36.2 Å². The highest BCUT2D eigenvalue weighted by molar-refractivity contribution is 5.03. The van der Waals surface area contributed by atoms with Crippen LogP contribution in [-0.4, -0.2) is 11.5 Å². The zero-order valence-electron chi connectivity index (χ0n) is 6.85. The fourth-order valence-electron chi connectivity index (χ4n) is 0.888. The minimum absolute atomic E-state index is 0.888. The molecule has 0 aliphatic rings. The van der Waals surface area contributed by atoms with E-state index in [9.17, 15) is 0 Å². The van der Waals surface area contributed by atoms with E-state index >= 15 is 0 Å². The van der Waals surface area contributed by atoms with E-state index in [0.29, 0.717) is 0 Å². The van der Waals surface area contributed by atoms with Crippen molar-refractivity contribution in [3.63, 3.8) is 0 Å². The molecule has 0 saturated heterocycles. The Hall–Kier alpha value is -1.02. The van der Waals surface area contributed by atoms with Crippen molar-refractivity contribution in [2.75, 3.05) is 6.54 Å². The Morgan fingerprint density at radius 3 is 3.09 bits per heavy atom. The summed E-state index contributed by atoms with van der Waals surface area (Å²) in [7, 11) is 0. The molecule has 1 aromatic heterocycles. The van der Waals surface area contributed by atoms with Gasteiger partial charge in [-0.1, -0.05) is 12.2 Å². The molecule has 1 rings (SSSR count). The van der Waals surface area contributed by atoms with Crippen LogP contribution in [0.3, 0.4) is 0 Å². The van der Waals surface area contributed by atoms with Gasteiger partial charge in [-0.15, -0.1) is 0 Å². The summed E-state index contributed by atoms with van der Waals surface area (Å²) in [4.78, 5) is 3.12. The average Bonchev–Trinajstić information content (AvgIpc) is 2.39. The smallest absolute Gasteiger partial charge is 0.0360 e. The lowest BCUT2D eigenvalue weighted by molar-refractivity contribution is 0.727. The average molecular weight is 150 g/mol. The predicted molar refractivity (Wildman–Crippen MR) is 47.3 cm³/mol. The van der Waals surface area contributed by atoms with E-state index < -0.39 is 0 Å². The van der Waals surface area contributed by atoms with Crippen LogP contribution in [0, 0.1) is 0 Å². The molecule has 0 aliphatic carbocycles. The number of aromatic amines is 1. The summed E-state index contributed by atoms with van der Waals surface area (Å²) < 4.78 is 0. The maximum absolute atomic E-state index is 3.80. The molecule has 0 atom stereocenters. The molecule has 0 saturated carbocycles. The molecule has 11 heavy (non-hydrogen) atoms. The zero-order chi connectivity index (χ0) is 8.10. The first-order chi connectivity index (χ1) is 5.29. The van der Waals surface area contributed by atoms with Crippen molar-refractivity contribution in [1.29, 1.82) is 0 Å². The highest BCUT2D eigenvalue weighted by atomic mass is 14.9. The van der Waals surface area contributed by atoms with Crippen molar-refractivity contribution in [1.82, 2.24) is 10.3 Å². The van der Waals surface area contributed by atoms with E-state index in [0.717, 1.165) is 18.7 Å². The van der Waals surface area contributed by atoms with Crippen LogP contribution < -0.4 is 5.32 Å². The minimum Gasteiger partial charge on any atom is -0.364 e. The lowest BCUT2D eigenvalue weighted by Gasteiger charge is -2.01. The van der Waals surface area contributed by atoms with Gasteiger partial charge in [-0.2, -0.15) is 0 Å². The van der Waals surface area contributed by atoms with Crippen LogP contribution in [0.15, 0.2) is 30.5 Å². The lowest BCUT2D eigenvalue weighted by atomic mass is 10.3. The first kappa shape index (κ1) is 8.08. The number of H-pyrrole nitrogens is 1. The standard InChI is InChI=1S/C9H14N2/c1-8(2)6-10-7-9-4-3-5-11-9/h3-5,10-11H,1,6-7H2,2H3. The number of nitrogens with one attached hydrogen (secondary N) is 2. The van der Waals surface area contributed by atoms with Gasteiger partial charge in [0.25, 0.3) is 0 Å². The second-order valence-electron chi connectivity index (χ2n) is 2.76. The molecule has 0 spiro atoms. The van der Waals surface area contributed by atoms with E-state index in [1.165, 1.54) is 5.69 Å². The van der Waals surface area contributed by atoms with Gasteiger partial charge >= 0.3 is 0 Å². The molecule has 2 heteroatoms. The Balaban J connectivity index is 2.19. The summed E-state index contributed by atoms with van der Waals surface area (Å²) in [6.07, 6.45) is 1.93. The predicted octanol–water partition coefficient (Wildman–Crippen LogP) is 1.68. The normalized spacial score (nSPS) is 9.91. The molecule has 0 fully saturated rings. The van der Waals surface area contributed by atoms with Gasteiger partial charge in [0.05, 0.1) is 0 Å². The highest BCUT2D eigenvalue weighted by Crippen LogP contribution is 1.93. The Morgan fingerprint density at radius 2 is 2.55 bits per heavy atom. The number of hydrogen-bond donors (Lipinski definition) is 2. The molecule has 0 bridgehead atoms. The van der Waals surface area contributed by atoms with E-state index in [1.54, 1.807) is 0 Å². The molecular weight excluding hydrogens is 136 g/mol. The van der Waals surface area contributed by atoms with E-state index in [2.05, 4.69) is 22.9 Å². The summed E-state index contributed by atoms with van der Waals surface area (Å²) >= 11 is 0. The van der Waals surface area contributed by atoms with Crippen molar-refractivity contribution in [3.8, 4) is 0 Å². The summed E-state index contributed by atoms with van der Waals surface area (Å²) in [5.74, 6) is 0. The van der Waals surface area contributed by atoms with Crippen LogP contribution in [0.25, 0.3) is 0 Å². The maximum Gasteiger partial charge on any atom is 0.0360 e. The van der Waals surface area contributed by atoms with Gasteiger partial charge in [-0.3, -0.25) is 0 Å². The Labute approximate surface area is 67.3 Å². The van der Waals surface area contributed by atoms with Crippen LogP contribution in [0.5, 0.6) is 0 Å². The molecule has 2 N–H and O–H groups in total. The second kappa shape index (κ2) is 3.98. The fourth-order valence-corrected chi connectivity index (χ4v) is 0.888. The third kappa shape index (κ3) is 3.05. The van der Waals surface area contributed by atoms with Gasteiger partial charge in [0.2, 0.25) is 0 Å². The number of hydrogen-bond acceptors (Lipinski definition) is 1. The van der Waals surface area contributed by atoms with Crippen molar-refractivity contribution in [2.24, 2.45) is 0 Å². The molecule has 0 aromatic carbocycles. The van der Waals surface area contributed by atoms with E-state index in [1.807, 2.05) is 19.2 Å². The topological polar surface area (TPSA) is 27.8 Å². The monoisotopic (exact) mass is 150 g/mol. The summed E-state index contributed by atoms with van der Waals surface area (Å²) in [6.45, 7) is 7.59. The largest absolute Gasteiger partial charge is 0.364 e. The lowest BCUT2D eigenvalue weighted by Crippen LogP contribution is -2.15. The van der Waals surface area contributed by atoms with Gasteiger partial charge in [0, 0.05) is 25.0 Å². The number of rotatable bonds is 4. The second-order valence-corrected chi connectivity index (χ2v) is 2.76. The quantitative estimate of drug-likeness (QED) is 0.628. The van der Waals surface area contributed by atoms with E-state index in [-0.39, 0.29) is 0 Å². The molecular formula is C9H14N2. The van der Waals surface area contributed by atoms with Gasteiger partial charge in [0.15, 0.2) is 0 Å². The van der Waals surface area contributed by atoms with Crippen molar-refractivity contribution >= 4 is 0 Å². The first-order valence-corrected chi connectivity index (χ1v) is 3.76. The molecule has 1 aromatic rings.